The Balaban J connectivity index is 2.72. The van der Waals surface area contributed by atoms with Gasteiger partial charge in [-0.3, -0.25) is 4.79 Å². The largest absolute Gasteiger partial charge is 0.481 e. The van der Waals surface area contributed by atoms with Crippen molar-refractivity contribution in [1.82, 2.24) is 0 Å². The molecule has 15 heavy (non-hydrogen) atoms. The summed E-state index contributed by atoms with van der Waals surface area (Å²) < 4.78 is 0. The molecule has 0 spiro atoms. The van der Waals surface area contributed by atoms with E-state index in [4.69, 9.17) is 5.11 Å². The van der Waals surface area contributed by atoms with E-state index in [1.165, 1.54) is 13.8 Å². The fourth-order valence-electron chi connectivity index (χ4n) is 0.881. The van der Waals surface area contributed by atoms with E-state index < -0.39 is 16.8 Å². The highest BCUT2D eigenvalue weighted by molar-refractivity contribution is 7.99. The zero-order valence-electron chi connectivity index (χ0n) is 8.68. The van der Waals surface area contributed by atoms with Crippen LogP contribution >= 0.6 is 11.8 Å². The number of aliphatic hydroxyl groups excluding tert-OH is 1. The number of aliphatic carboxylic acids is 1. The minimum Gasteiger partial charge on any atom is -0.481 e. The van der Waals surface area contributed by atoms with Crippen LogP contribution in [0, 0.1) is 5.41 Å². The maximum Gasteiger partial charge on any atom is 0.312 e. The van der Waals surface area contributed by atoms with Gasteiger partial charge in [0.2, 0.25) is 0 Å². The van der Waals surface area contributed by atoms with E-state index >= 15 is 0 Å². The zero-order chi connectivity index (χ0) is 11.5. The van der Waals surface area contributed by atoms with E-state index in [1.54, 1.807) is 0 Å². The third-order valence-electron chi connectivity index (χ3n) is 2.16. The van der Waals surface area contributed by atoms with Gasteiger partial charge in [-0.1, -0.05) is 30.0 Å². The third kappa shape index (κ3) is 2.97. The molecule has 1 aromatic rings. The van der Waals surface area contributed by atoms with Crippen LogP contribution < -0.4 is 0 Å². The molecule has 1 atom stereocenters. The molecule has 1 unspecified atom stereocenters. The standard InChI is InChI=1S/C11H14O3S/c1-11(2,9(12)13)10(14)15-8-6-4-3-5-7-8/h3-7,10,14H,1-2H3,(H,12,13). The zero-order valence-corrected chi connectivity index (χ0v) is 9.49. The molecular weight excluding hydrogens is 212 g/mol. The Labute approximate surface area is 93.1 Å². The highest BCUT2D eigenvalue weighted by Gasteiger charge is 2.36. The normalized spacial score (nSPS) is 13.5. The maximum absolute atomic E-state index is 10.9. The molecule has 0 radical (unpaired) electrons. The third-order valence-corrected chi connectivity index (χ3v) is 3.52. The molecule has 0 aliphatic rings. The van der Waals surface area contributed by atoms with Crippen molar-refractivity contribution >= 4 is 17.7 Å². The lowest BCUT2D eigenvalue weighted by Gasteiger charge is -2.25. The summed E-state index contributed by atoms with van der Waals surface area (Å²) in [7, 11) is 0. The summed E-state index contributed by atoms with van der Waals surface area (Å²) in [6, 6.07) is 9.25. The number of benzene rings is 1. The molecule has 82 valence electrons. The molecule has 0 heterocycles. The molecular formula is C11H14O3S. The first kappa shape index (κ1) is 12.1. The van der Waals surface area contributed by atoms with Crippen molar-refractivity contribution in [2.75, 3.05) is 0 Å². The van der Waals surface area contributed by atoms with Crippen molar-refractivity contribution in [3.05, 3.63) is 30.3 Å². The first-order valence-electron chi connectivity index (χ1n) is 4.58. The van der Waals surface area contributed by atoms with Crippen LogP contribution in [0.2, 0.25) is 0 Å². The topological polar surface area (TPSA) is 57.5 Å². The molecule has 0 fully saturated rings. The van der Waals surface area contributed by atoms with E-state index in [2.05, 4.69) is 0 Å². The van der Waals surface area contributed by atoms with Gasteiger partial charge in [0.25, 0.3) is 0 Å². The Morgan fingerprint density at radius 1 is 1.33 bits per heavy atom. The van der Waals surface area contributed by atoms with Gasteiger partial charge in [0.15, 0.2) is 0 Å². The number of carbonyl (C=O) groups is 1. The summed E-state index contributed by atoms with van der Waals surface area (Å²) in [5, 5.41) is 18.7. The van der Waals surface area contributed by atoms with Crippen LogP contribution in [0.25, 0.3) is 0 Å². The van der Waals surface area contributed by atoms with Gasteiger partial charge < -0.3 is 10.2 Å². The van der Waals surface area contributed by atoms with Gasteiger partial charge in [0, 0.05) is 4.90 Å². The van der Waals surface area contributed by atoms with Gasteiger partial charge >= 0.3 is 5.97 Å². The predicted molar refractivity (Wildman–Crippen MR) is 59.7 cm³/mol. The average molecular weight is 226 g/mol. The van der Waals surface area contributed by atoms with Crippen molar-refractivity contribution < 1.29 is 15.0 Å². The van der Waals surface area contributed by atoms with Gasteiger partial charge in [0.05, 0.1) is 5.41 Å². The van der Waals surface area contributed by atoms with Gasteiger partial charge in [-0.15, -0.1) is 0 Å². The molecule has 4 heteroatoms. The van der Waals surface area contributed by atoms with Gasteiger partial charge in [-0.25, -0.2) is 0 Å². The lowest BCUT2D eigenvalue weighted by Crippen LogP contribution is -2.34. The molecule has 1 aromatic carbocycles. The quantitative estimate of drug-likeness (QED) is 0.610. The molecule has 1 rings (SSSR count). The van der Waals surface area contributed by atoms with Gasteiger partial charge in [-0.05, 0) is 26.0 Å². The Bertz CT molecular complexity index is 335. The second-order valence-electron chi connectivity index (χ2n) is 3.81. The molecule has 0 amide bonds. The molecule has 0 aliphatic carbocycles. The van der Waals surface area contributed by atoms with Crippen LogP contribution in [0.4, 0.5) is 0 Å². The lowest BCUT2D eigenvalue weighted by atomic mass is 9.95. The summed E-state index contributed by atoms with van der Waals surface area (Å²) >= 11 is 1.15. The highest BCUT2D eigenvalue weighted by atomic mass is 32.2. The molecule has 0 saturated carbocycles. The summed E-state index contributed by atoms with van der Waals surface area (Å²) in [5.74, 6) is -1.00. The lowest BCUT2D eigenvalue weighted by molar-refractivity contribution is -0.150. The molecule has 0 bridgehead atoms. The molecule has 3 nitrogen and oxygen atoms in total. The number of carboxylic acids is 1. The fourth-order valence-corrected chi connectivity index (χ4v) is 1.85. The second kappa shape index (κ2) is 4.68. The number of hydrogen-bond donors (Lipinski definition) is 2. The van der Waals surface area contributed by atoms with Crippen molar-refractivity contribution in [2.45, 2.75) is 24.2 Å². The minimum atomic E-state index is -1.15. The first-order chi connectivity index (χ1) is 6.94. The van der Waals surface area contributed by atoms with E-state index in [-0.39, 0.29) is 0 Å². The minimum absolute atomic E-state index is 0.860. The van der Waals surface area contributed by atoms with Crippen LogP contribution in [0.3, 0.4) is 0 Å². The second-order valence-corrected chi connectivity index (χ2v) is 4.96. The van der Waals surface area contributed by atoms with E-state index in [9.17, 15) is 9.90 Å². The van der Waals surface area contributed by atoms with Crippen LogP contribution in [0.1, 0.15) is 13.8 Å². The molecule has 0 aliphatic heterocycles. The summed E-state index contributed by atoms with van der Waals surface area (Å²) in [6.07, 6.45) is 0. The molecule has 0 saturated heterocycles. The number of thioether (sulfide) groups is 1. The number of carboxylic acid groups (broad SMARTS) is 1. The summed E-state index contributed by atoms with van der Waals surface area (Å²) in [6.45, 7) is 3.02. The van der Waals surface area contributed by atoms with Crippen molar-refractivity contribution in [1.29, 1.82) is 0 Å². The first-order valence-corrected chi connectivity index (χ1v) is 5.45. The van der Waals surface area contributed by atoms with Crippen molar-refractivity contribution in [2.24, 2.45) is 5.41 Å². The van der Waals surface area contributed by atoms with Crippen LogP contribution in [-0.2, 0) is 4.79 Å². The van der Waals surface area contributed by atoms with Gasteiger partial charge in [0.1, 0.15) is 5.44 Å². The Hall–Kier alpha value is -1.00. The van der Waals surface area contributed by atoms with E-state index in [0.29, 0.717) is 0 Å². The SMILES string of the molecule is CC(C)(C(=O)O)C(O)Sc1ccccc1. The molecule has 2 N–H and O–H groups in total. The van der Waals surface area contributed by atoms with E-state index in [0.717, 1.165) is 16.7 Å². The average Bonchev–Trinajstić information content (AvgIpc) is 2.18. The Kier molecular flexibility index (Phi) is 3.77. The Morgan fingerprint density at radius 2 is 1.87 bits per heavy atom. The monoisotopic (exact) mass is 226 g/mol. The number of aliphatic hydroxyl groups is 1. The summed E-state index contributed by atoms with van der Waals surface area (Å²) in [5.41, 5.74) is -2.11. The smallest absolute Gasteiger partial charge is 0.312 e. The Morgan fingerprint density at radius 3 is 2.33 bits per heavy atom. The van der Waals surface area contributed by atoms with Crippen LogP contribution in [-0.4, -0.2) is 21.6 Å². The van der Waals surface area contributed by atoms with Crippen LogP contribution in [0.5, 0.6) is 0 Å². The van der Waals surface area contributed by atoms with Gasteiger partial charge in [-0.2, -0.15) is 0 Å². The van der Waals surface area contributed by atoms with Crippen LogP contribution in [0.15, 0.2) is 35.2 Å². The molecule has 0 aromatic heterocycles. The predicted octanol–water partition coefficient (Wildman–Crippen LogP) is 2.21. The fraction of sp³-hybridized carbons (Fsp3) is 0.364. The van der Waals surface area contributed by atoms with Crippen molar-refractivity contribution in [3.8, 4) is 0 Å². The highest BCUT2D eigenvalue weighted by Crippen LogP contribution is 2.33. The summed E-state index contributed by atoms with van der Waals surface area (Å²) in [4.78, 5) is 11.7. The van der Waals surface area contributed by atoms with Crippen molar-refractivity contribution in [3.63, 3.8) is 0 Å². The number of hydrogen-bond acceptors (Lipinski definition) is 3. The number of rotatable bonds is 4. The van der Waals surface area contributed by atoms with E-state index in [1.807, 2.05) is 30.3 Å². The maximum atomic E-state index is 10.9.